The molecule has 2 saturated heterocycles. The summed E-state index contributed by atoms with van der Waals surface area (Å²) in [5.41, 5.74) is 1.15. The van der Waals surface area contributed by atoms with E-state index >= 15 is 0 Å². The van der Waals surface area contributed by atoms with Gasteiger partial charge in [-0.25, -0.2) is 4.79 Å². The zero-order valence-electron chi connectivity index (χ0n) is 14.0. The highest BCUT2D eigenvalue weighted by molar-refractivity contribution is 5.74. The Morgan fingerprint density at radius 2 is 2.00 bits per heavy atom. The van der Waals surface area contributed by atoms with Crippen LogP contribution in [0.25, 0.3) is 0 Å². The van der Waals surface area contributed by atoms with Crippen molar-refractivity contribution in [2.24, 2.45) is 0 Å². The standard InChI is InChI=1S/C18H25N3O3/c22-18(21-10-6-15(12-21)20-8-1-2-9-20)19-7-5-14-3-4-16-17(11-14)24-13-23-16/h3-4,11,15H,1-2,5-10,12-13H2,(H,19,22)/t15-/m0/s1. The highest BCUT2D eigenvalue weighted by Crippen LogP contribution is 2.32. The monoisotopic (exact) mass is 331 g/mol. The number of hydrogen-bond acceptors (Lipinski definition) is 4. The topological polar surface area (TPSA) is 54.0 Å². The molecule has 0 bridgehead atoms. The molecule has 6 nitrogen and oxygen atoms in total. The summed E-state index contributed by atoms with van der Waals surface area (Å²) < 4.78 is 10.7. The van der Waals surface area contributed by atoms with Crippen molar-refractivity contribution < 1.29 is 14.3 Å². The van der Waals surface area contributed by atoms with Crippen molar-refractivity contribution in [2.75, 3.05) is 39.5 Å². The normalized spacial score (nSPS) is 23.0. The molecular weight excluding hydrogens is 306 g/mol. The number of carbonyl (C=O) groups is 1. The average Bonchev–Trinajstić information content (AvgIpc) is 3.33. The third-order valence-corrected chi connectivity index (χ3v) is 5.23. The van der Waals surface area contributed by atoms with Crippen LogP contribution in [-0.2, 0) is 6.42 Å². The smallest absolute Gasteiger partial charge is 0.317 e. The van der Waals surface area contributed by atoms with Gasteiger partial charge < -0.3 is 19.7 Å². The molecule has 0 spiro atoms. The van der Waals surface area contributed by atoms with Crippen LogP contribution in [0.15, 0.2) is 18.2 Å². The SMILES string of the molecule is O=C(NCCc1ccc2c(c1)OCO2)N1CC[C@H](N2CCCC2)C1. The van der Waals surface area contributed by atoms with Crippen LogP contribution in [0.3, 0.4) is 0 Å². The van der Waals surface area contributed by atoms with E-state index in [1.54, 1.807) is 0 Å². The second-order valence-electron chi connectivity index (χ2n) is 6.80. The lowest BCUT2D eigenvalue weighted by molar-refractivity contribution is 0.174. The molecule has 2 fully saturated rings. The van der Waals surface area contributed by atoms with Crippen molar-refractivity contribution in [1.82, 2.24) is 15.1 Å². The van der Waals surface area contributed by atoms with Crippen molar-refractivity contribution in [1.29, 1.82) is 0 Å². The van der Waals surface area contributed by atoms with E-state index in [0.717, 1.165) is 43.0 Å². The van der Waals surface area contributed by atoms with Gasteiger partial charge >= 0.3 is 6.03 Å². The molecule has 6 heteroatoms. The molecule has 4 rings (SSSR count). The van der Waals surface area contributed by atoms with Crippen LogP contribution in [-0.4, -0.2) is 61.4 Å². The fourth-order valence-corrected chi connectivity index (χ4v) is 3.85. The molecule has 0 radical (unpaired) electrons. The molecule has 130 valence electrons. The Labute approximate surface area is 142 Å². The second kappa shape index (κ2) is 6.89. The van der Waals surface area contributed by atoms with Crippen molar-refractivity contribution in [3.8, 4) is 11.5 Å². The number of carbonyl (C=O) groups excluding carboxylic acids is 1. The summed E-state index contributed by atoms with van der Waals surface area (Å²) in [5.74, 6) is 1.60. The van der Waals surface area contributed by atoms with Gasteiger partial charge in [0.15, 0.2) is 11.5 Å². The van der Waals surface area contributed by atoms with Crippen molar-refractivity contribution in [3.05, 3.63) is 23.8 Å². The molecule has 0 unspecified atom stereocenters. The number of rotatable bonds is 4. The van der Waals surface area contributed by atoms with Gasteiger partial charge in [0.1, 0.15) is 0 Å². The zero-order valence-corrected chi connectivity index (χ0v) is 14.0. The Balaban J connectivity index is 1.22. The number of nitrogens with zero attached hydrogens (tertiary/aromatic N) is 2. The van der Waals surface area contributed by atoms with E-state index in [4.69, 9.17) is 9.47 Å². The minimum absolute atomic E-state index is 0.0671. The molecule has 1 aromatic carbocycles. The first kappa shape index (κ1) is 15.6. The number of amides is 2. The van der Waals surface area contributed by atoms with E-state index in [1.807, 2.05) is 23.1 Å². The molecule has 0 saturated carbocycles. The number of hydrogen-bond donors (Lipinski definition) is 1. The maximum atomic E-state index is 12.3. The Bertz CT molecular complexity index is 601. The number of nitrogens with one attached hydrogen (secondary N) is 1. The number of ether oxygens (including phenoxy) is 2. The van der Waals surface area contributed by atoms with E-state index < -0.39 is 0 Å². The predicted molar refractivity (Wildman–Crippen MR) is 90.5 cm³/mol. The van der Waals surface area contributed by atoms with Gasteiger partial charge in [-0.1, -0.05) is 6.07 Å². The quantitative estimate of drug-likeness (QED) is 0.915. The third kappa shape index (κ3) is 3.29. The van der Waals surface area contributed by atoms with Gasteiger partial charge in [-0.05, 0) is 56.5 Å². The lowest BCUT2D eigenvalue weighted by atomic mass is 10.1. The molecule has 1 atom stereocenters. The molecule has 0 aromatic heterocycles. The Hall–Kier alpha value is -1.95. The van der Waals surface area contributed by atoms with Gasteiger partial charge in [-0.3, -0.25) is 4.90 Å². The number of urea groups is 1. The summed E-state index contributed by atoms with van der Waals surface area (Å²) in [5, 5.41) is 3.05. The fourth-order valence-electron chi connectivity index (χ4n) is 3.85. The summed E-state index contributed by atoms with van der Waals surface area (Å²) in [7, 11) is 0. The second-order valence-corrected chi connectivity index (χ2v) is 6.80. The minimum Gasteiger partial charge on any atom is -0.454 e. The van der Waals surface area contributed by atoms with Crippen LogP contribution < -0.4 is 14.8 Å². The van der Waals surface area contributed by atoms with Gasteiger partial charge in [-0.15, -0.1) is 0 Å². The highest BCUT2D eigenvalue weighted by atomic mass is 16.7. The van der Waals surface area contributed by atoms with Crippen LogP contribution in [0.5, 0.6) is 11.5 Å². The lowest BCUT2D eigenvalue weighted by Crippen LogP contribution is -2.42. The molecule has 2 amide bonds. The van der Waals surface area contributed by atoms with Crippen LogP contribution >= 0.6 is 0 Å². The van der Waals surface area contributed by atoms with E-state index in [-0.39, 0.29) is 6.03 Å². The molecular formula is C18H25N3O3. The van der Waals surface area contributed by atoms with Crippen LogP contribution in [0, 0.1) is 0 Å². The van der Waals surface area contributed by atoms with Gasteiger partial charge in [0.25, 0.3) is 0 Å². The summed E-state index contributed by atoms with van der Waals surface area (Å²) >= 11 is 0. The van der Waals surface area contributed by atoms with Gasteiger partial charge in [0.05, 0.1) is 0 Å². The molecule has 1 N–H and O–H groups in total. The third-order valence-electron chi connectivity index (χ3n) is 5.23. The largest absolute Gasteiger partial charge is 0.454 e. The first-order valence-electron chi connectivity index (χ1n) is 8.95. The first-order chi connectivity index (χ1) is 11.8. The average molecular weight is 331 g/mol. The molecule has 3 heterocycles. The number of likely N-dealkylation sites (tertiary alicyclic amines) is 2. The first-order valence-corrected chi connectivity index (χ1v) is 8.95. The maximum Gasteiger partial charge on any atom is 0.317 e. The number of fused-ring (bicyclic) bond motifs is 1. The van der Waals surface area contributed by atoms with E-state index in [0.29, 0.717) is 19.4 Å². The molecule has 24 heavy (non-hydrogen) atoms. The van der Waals surface area contributed by atoms with Gasteiger partial charge in [0.2, 0.25) is 6.79 Å². The van der Waals surface area contributed by atoms with E-state index in [1.165, 1.54) is 25.9 Å². The van der Waals surface area contributed by atoms with Crippen molar-refractivity contribution in [3.63, 3.8) is 0 Å². The summed E-state index contributed by atoms with van der Waals surface area (Å²) in [6.07, 6.45) is 4.51. The predicted octanol–water partition coefficient (Wildman–Crippen LogP) is 1.84. The minimum atomic E-state index is 0.0671. The van der Waals surface area contributed by atoms with E-state index in [2.05, 4.69) is 10.2 Å². The lowest BCUT2D eigenvalue weighted by Gasteiger charge is -2.23. The Kier molecular flexibility index (Phi) is 4.47. The molecule has 3 aliphatic heterocycles. The Morgan fingerprint density at radius 3 is 2.88 bits per heavy atom. The zero-order chi connectivity index (χ0) is 16.4. The van der Waals surface area contributed by atoms with Crippen LogP contribution in [0.1, 0.15) is 24.8 Å². The Morgan fingerprint density at radius 1 is 1.17 bits per heavy atom. The molecule has 3 aliphatic rings. The molecule has 1 aromatic rings. The summed E-state index contributed by atoms with van der Waals surface area (Å²) in [6.45, 7) is 5.08. The van der Waals surface area contributed by atoms with E-state index in [9.17, 15) is 4.79 Å². The molecule has 0 aliphatic carbocycles. The van der Waals surface area contributed by atoms with Crippen molar-refractivity contribution in [2.45, 2.75) is 31.7 Å². The van der Waals surface area contributed by atoms with Crippen molar-refractivity contribution >= 4 is 6.03 Å². The maximum absolute atomic E-state index is 12.3. The highest BCUT2D eigenvalue weighted by Gasteiger charge is 2.31. The van der Waals surface area contributed by atoms with Gasteiger partial charge in [0, 0.05) is 25.7 Å². The van der Waals surface area contributed by atoms with Gasteiger partial charge in [-0.2, -0.15) is 0 Å². The fraction of sp³-hybridized carbons (Fsp3) is 0.611. The number of benzene rings is 1. The van der Waals surface area contributed by atoms with Crippen LogP contribution in [0.2, 0.25) is 0 Å². The summed E-state index contributed by atoms with van der Waals surface area (Å²) in [6, 6.07) is 6.58. The summed E-state index contributed by atoms with van der Waals surface area (Å²) in [4.78, 5) is 16.8. The van der Waals surface area contributed by atoms with Crippen LogP contribution in [0.4, 0.5) is 4.79 Å².